The minimum absolute atomic E-state index is 0.369. The van der Waals surface area contributed by atoms with E-state index in [1.54, 1.807) is 0 Å². The predicted octanol–water partition coefficient (Wildman–Crippen LogP) is 16.6. The molecule has 1 aliphatic rings. The zero-order valence-corrected chi connectivity index (χ0v) is 34.5. The van der Waals surface area contributed by atoms with Gasteiger partial charge < -0.3 is 9.80 Å². The van der Waals surface area contributed by atoms with Crippen LogP contribution in [-0.2, 0) is 0 Å². The summed E-state index contributed by atoms with van der Waals surface area (Å²) in [6, 6.07) is 87.1. The van der Waals surface area contributed by atoms with Crippen LogP contribution in [-0.4, -0.2) is 0 Å². The summed E-state index contributed by atoms with van der Waals surface area (Å²) >= 11 is 0. The Hall–Kier alpha value is -7.94. The van der Waals surface area contributed by atoms with Gasteiger partial charge in [0.15, 0.2) is 0 Å². The second kappa shape index (κ2) is 17.7. The van der Waals surface area contributed by atoms with Gasteiger partial charge in [0, 0.05) is 40.1 Å². The van der Waals surface area contributed by atoms with Crippen molar-refractivity contribution in [2.24, 2.45) is 0 Å². The molecule has 0 spiro atoms. The van der Waals surface area contributed by atoms with Crippen LogP contribution >= 0.6 is 0 Å². The van der Waals surface area contributed by atoms with E-state index in [-0.39, 0.29) is 0 Å². The van der Waals surface area contributed by atoms with Crippen LogP contribution in [0.25, 0.3) is 44.5 Å². The summed E-state index contributed by atoms with van der Waals surface area (Å²) in [6.07, 6.45) is 7.97. The lowest BCUT2D eigenvalue weighted by molar-refractivity contribution is 0.840. The number of hydrogen-bond acceptors (Lipinski definition) is 2. The van der Waals surface area contributed by atoms with E-state index in [0.717, 1.165) is 34.9 Å². The Morgan fingerprint density at radius 3 is 0.919 bits per heavy atom. The molecule has 9 aromatic carbocycles. The first-order valence-corrected chi connectivity index (χ1v) is 21.4. The van der Waals surface area contributed by atoms with E-state index < -0.39 is 0 Å². The summed E-state index contributed by atoms with van der Waals surface area (Å²) in [5, 5.41) is 0. The molecule has 0 aliphatic heterocycles. The van der Waals surface area contributed by atoms with Crippen LogP contribution in [0.1, 0.15) is 17.9 Å². The molecule has 1 aliphatic carbocycles. The van der Waals surface area contributed by atoms with Gasteiger partial charge in [-0.2, -0.15) is 0 Å². The van der Waals surface area contributed by atoms with Crippen molar-refractivity contribution in [3.8, 4) is 44.5 Å². The lowest BCUT2D eigenvalue weighted by Crippen LogP contribution is -2.17. The van der Waals surface area contributed by atoms with E-state index in [2.05, 4.69) is 271 Å². The molecular formula is C60H46N2. The number of allylic oxidation sites excluding steroid dienone is 3. The van der Waals surface area contributed by atoms with Crippen molar-refractivity contribution in [2.45, 2.75) is 12.3 Å². The lowest BCUT2D eigenvalue weighted by atomic mass is 9.91. The van der Waals surface area contributed by atoms with Crippen molar-refractivity contribution in [1.29, 1.82) is 0 Å². The monoisotopic (exact) mass is 794 g/mol. The Balaban J connectivity index is 0.911. The molecule has 0 bridgehead atoms. The average Bonchev–Trinajstić information content (AvgIpc) is 3.36. The molecule has 2 nitrogen and oxygen atoms in total. The Bertz CT molecular complexity index is 2900. The fourth-order valence-electron chi connectivity index (χ4n) is 8.52. The third kappa shape index (κ3) is 8.28. The maximum Gasteiger partial charge on any atom is 0.0462 e. The van der Waals surface area contributed by atoms with Crippen molar-refractivity contribution >= 4 is 28.4 Å². The number of benzene rings is 9. The van der Waals surface area contributed by atoms with Crippen molar-refractivity contribution in [1.82, 2.24) is 0 Å². The van der Waals surface area contributed by atoms with Crippen LogP contribution in [0.3, 0.4) is 0 Å². The fraction of sp³-hybridized carbons (Fsp3) is 0.0333. The van der Waals surface area contributed by atoms with Crippen LogP contribution in [0.4, 0.5) is 28.4 Å². The zero-order chi connectivity index (χ0) is 41.5. The Morgan fingerprint density at radius 2 is 0.565 bits per heavy atom. The molecule has 9 aromatic rings. The van der Waals surface area contributed by atoms with Crippen LogP contribution in [0.15, 0.2) is 267 Å². The van der Waals surface area contributed by atoms with Gasteiger partial charge in [-0.15, -0.1) is 0 Å². The molecule has 296 valence electrons. The molecule has 0 saturated carbocycles. The second-order valence-corrected chi connectivity index (χ2v) is 15.7. The molecular weight excluding hydrogens is 749 g/mol. The third-order valence-electron chi connectivity index (χ3n) is 11.8. The Kier molecular flexibility index (Phi) is 10.9. The molecule has 0 radical (unpaired) electrons. The molecule has 1 atom stereocenters. The van der Waals surface area contributed by atoms with Crippen molar-refractivity contribution in [3.63, 3.8) is 0 Å². The third-order valence-corrected chi connectivity index (χ3v) is 11.8. The zero-order valence-electron chi connectivity index (χ0n) is 34.5. The maximum atomic E-state index is 2.38. The Morgan fingerprint density at radius 1 is 0.274 bits per heavy atom. The number of anilines is 5. The van der Waals surface area contributed by atoms with E-state index in [0.29, 0.717) is 5.92 Å². The van der Waals surface area contributed by atoms with E-state index in [1.807, 2.05) is 0 Å². The van der Waals surface area contributed by atoms with E-state index in [9.17, 15) is 0 Å². The topological polar surface area (TPSA) is 6.48 Å². The minimum atomic E-state index is 0.369. The lowest BCUT2D eigenvalue weighted by Gasteiger charge is -2.29. The molecule has 62 heavy (non-hydrogen) atoms. The van der Waals surface area contributed by atoms with Gasteiger partial charge in [0.1, 0.15) is 0 Å². The minimum Gasteiger partial charge on any atom is -0.311 e. The first kappa shape index (κ1) is 38.3. The summed E-state index contributed by atoms with van der Waals surface area (Å²) < 4.78 is 0. The van der Waals surface area contributed by atoms with Gasteiger partial charge >= 0.3 is 0 Å². The molecule has 0 fully saturated rings. The average molecular weight is 795 g/mol. The van der Waals surface area contributed by atoms with Gasteiger partial charge in [0.2, 0.25) is 0 Å². The summed E-state index contributed by atoms with van der Waals surface area (Å²) in [7, 11) is 0. The Labute approximate surface area is 365 Å². The number of rotatable bonds is 11. The van der Waals surface area contributed by atoms with Crippen LogP contribution in [0, 0.1) is 0 Å². The highest BCUT2D eigenvalue weighted by molar-refractivity contribution is 5.81. The summed E-state index contributed by atoms with van der Waals surface area (Å²) in [5.74, 6) is 0.369. The normalized spacial score (nSPS) is 13.3. The van der Waals surface area contributed by atoms with Gasteiger partial charge in [-0.05, 0) is 123 Å². The first-order chi connectivity index (χ1) is 30.7. The van der Waals surface area contributed by atoms with E-state index in [1.165, 1.54) is 55.8 Å². The summed E-state index contributed by atoms with van der Waals surface area (Å²) in [6.45, 7) is 0. The summed E-state index contributed by atoms with van der Waals surface area (Å²) in [4.78, 5) is 4.70. The quantitative estimate of drug-likeness (QED) is 0.129. The van der Waals surface area contributed by atoms with Crippen LogP contribution < -0.4 is 9.80 Å². The van der Waals surface area contributed by atoms with Gasteiger partial charge in [0.05, 0.1) is 0 Å². The first-order valence-electron chi connectivity index (χ1n) is 21.4. The van der Waals surface area contributed by atoms with E-state index in [4.69, 9.17) is 0 Å². The molecule has 0 aromatic heterocycles. The highest BCUT2D eigenvalue weighted by Crippen LogP contribution is 2.39. The molecule has 0 saturated heterocycles. The molecule has 1 unspecified atom stereocenters. The maximum absolute atomic E-state index is 2.38. The number of para-hydroxylation sites is 1. The van der Waals surface area contributed by atoms with E-state index >= 15 is 0 Å². The SMILES string of the molecule is C1=CC(c2ccccc2)CC=C1N(c1ccc(-c2ccccc2)cc1)c1ccc(-c2ccc(N(c3ccccc3)c3ccc(-c4ccc(-c5ccccc5)cc4)cc3)cc2)cc1. The van der Waals surface area contributed by atoms with Crippen molar-refractivity contribution < 1.29 is 0 Å². The van der Waals surface area contributed by atoms with Crippen molar-refractivity contribution in [3.05, 3.63) is 272 Å². The second-order valence-electron chi connectivity index (χ2n) is 15.7. The van der Waals surface area contributed by atoms with Gasteiger partial charge in [-0.1, -0.05) is 194 Å². The van der Waals surface area contributed by atoms with Crippen molar-refractivity contribution in [2.75, 3.05) is 9.80 Å². The van der Waals surface area contributed by atoms with Crippen LogP contribution in [0.5, 0.6) is 0 Å². The fourth-order valence-corrected chi connectivity index (χ4v) is 8.52. The molecule has 2 heteroatoms. The summed E-state index contributed by atoms with van der Waals surface area (Å²) in [5.41, 5.74) is 17.7. The number of nitrogens with zero attached hydrogens (tertiary/aromatic N) is 2. The van der Waals surface area contributed by atoms with Gasteiger partial charge in [0.25, 0.3) is 0 Å². The molecule has 0 heterocycles. The molecule has 0 N–H and O–H groups in total. The molecule has 10 rings (SSSR count). The highest BCUT2D eigenvalue weighted by atomic mass is 15.1. The predicted molar refractivity (Wildman–Crippen MR) is 262 cm³/mol. The van der Waals surface area contributed by atoms with Crippen LogP contribution in [0.2, 0.25) is 0 Å². The molecule has 0 amide bonds. The van der Waals surface area contributed by atoms with Gasteiger partial charge in [-0.3, -0.25) is 0 Å². The standard InChI is InChI=1S/C60H46N2/c1-5-13-45(14-6-1)48-21-23-49(24-22-48)52-29-39-56(40-30-52)61(55-19-11-4-12-20-55)57-41-31-53(32-42-57)54-33-43-60(44-34-54)62(58-35-25-50(26-36-58)46-15-7-2-8-16-46)59-37-27-51(28-38-59)47-17-9-3-10-18-47/h1-27,29-44,51H,28H2. The highest BCUT2D eigenvalue weighted by Gasteiger charge is 2.19. The van der Waals surface area contributed by atoms with Gasteiger partial charge in [-0.25, -0.2) is 0 Å². The smallest absolute Gasteiger partial charge is 0.0462 e. The number of hydrogen-bond donors (Lipinski definition) is 0. The largest absolute Gasteiger partial charge is 0.311 e.